The summed E-state index contributed by atoms with van der Waals surface area (Å²) >= 11 is 0. The van der Waals surface area contributed by atoms with Gasteiger partial charge in [0.25, 0.3) is 6.47 Å². The summed E-state index contributed by atoms with van der Waals surface area (Å²) < 4.78 is 48.9. The second kappa shape index (κ2) is 26.7. The molecule has 5 atom stereocenters. The van der Waals surface area contributed by atoms with Crippen molar-refractivity contribution in [3.05, 3.63) is 89.1 Å². The molecule has 1 amide bonds. The molecule has 424 valence electrons. The highest BCUT2D eigenvalue weighted by Gasteiger charge is 2.51. The molecule has 18 nitrogen and oxygen atoms in total. The predicted molar refractivity (Wildman–Crippen MR) is 300 cm³/mol. The van der Waals surface area contributed by atoms with Gasteiger partial charge in [0.2, 0.25) is 5.91 Å². The van der Waals surface area contributed by atoms with Gasteiger partial charge in [0.1, 0.15) is 53.8 Å². The van der Waals surface area contributed by atoms with Crippen molar-refractivity contribution in [3.63, 3.8) is 0 Å². The monoisotopic (exact) mass is 1100 g/mol. The molecule has 5 aliphatic rings. The molecule has 5 fully saturated rings. The fraction of sp³-hybridized carbons (Fsp3) is 0.467. The molecule has 5 saturated heterocycles. The summed E-state index contributed by atoms with van der Waals surface area (Å²) in [5.74, 6) is 2.72. The third-order valence-corrected chi connectivity index (χ3v) is 16.1. The van der Waals surface area contributed by atoms with Crippen LogP contribution in [0.5, 0.6) is 17.5 Å². The number of piperazine rings is 1. The molecule has 2 bridgehead atoms. The van der Waals surface area contributed by atoms with Crippen molar-refractivity contribution in [2.75, 3.05) is 85.6 Å². The Bertz CT molecular complexity index is 3120. The average molecular weight is 1100 g/mol. The lowest BCUT2D eigenvalue weighted by Gasteiger charge is -2.35. The van der Waals surface area contributed by atoms with Gasteiger partial charge in [-0.05, 0) is 140 Å². The van der Waals surface area contributed by atoms with Gasteiger partial charge in [0, 0.05) is 79.5 Å². The number of terminal acetylenes is 1. The summed E-state index contributed by atoms with van der Waals surface area (Å²) in [5, 5.41) is 17.8. The summed E-state index contributed by atoms with van der Waals surface area (Å²) in [5.41, 5.74) is 1.44. The van der Waals surface area contributed by atoms with Crippen molar-refractivity contribution in [1.29, 1.82) is 0 Å². The lowest BCUT2D eigenvalue weighted by molar-refractivity contribution is -0.130. The van der Waals surface area contributed by atoms with E-state index in [2.05, 4.69) is 54.8 Å². The highest BCUT2D eigenvalue weighted by Crippen LogP contribution is 2.45. The number of aldehydes is 3. The first-order chi connectivity index (χ1) is 38.6. The Morgan fingerprint density at radius 2 is 1.76 bits per heavy atom. The maximum atomic E-state index is 16.9. The number of likely N-dealkylation sites (N-methyl/N-ethyl adjacent to an activating group) is 1. The van der Waals surface area contributed by atoms with Gasteiger partial charge in [-0.2, -0.15) is 9.97 Å². The maximum absolute atomic E-state index is 16.9. The van der Waals surface area contributed by atoms with Crippen LogP contribution < -0.4 is 25.0 Å². The topological polar surface area (TPSA) is 209 Å². The number of piperidine rings is 1. The number of phenols is 1. The van der Waals surface area contributed by atoms with E-state index in [1.807, 2.05) is 14.1 Å². The van der Waals surface area contributed by atoms with Gasteiger partial charge in [-0.15, -0.1) is 6.42 Å². The molecule has 0 saturated carbocycles. The number of halogens is 2. The summed E-state index contributed by atoms with van der Waals surface area (Å²) in [6.45, 7) is 10.2. The highest BCUT2D eigenvalue weighted by atomic mass is 19.1. The third kappa shape index (κ3) is 13.6. The number of carbonyl (C=O) groups is 5. The van der Waals surface area contributed by atoms with Crippen LogP contribution in [0.25, 0.3) is 32.9 Å². The molecule has 5 aromatic rings. The summed E-state index contributed by atoms with van der Waals surface area (Å²) in [4.78, 5) is 76.4. The lowest BCUT2D eigenvalue weighted by atomic mass is 9.94. The number of benzene rings is 3. The molecule has 5 aliphatic heterocycles. The molecule has 10 rings (SSSR count). The van der Waals surface area contributed by atoms with Crippen molar-refractivity contribution in [2.45, 2.75) is 93.9 Å². The van der Waals surface area contributed by atoms with E-state index in [1.165, 1.54) is 43.3 Å². The van der Waals surface area contributed by atoms with Gasteiger partial charge in [-0.25, -0.2) is 8.78 Å². The van der Waals surface area contributed by atoms with Crippen LogP contribution in [-0.2, 0) is 19.1 Å². The highest BCUT2D eigenvalue weighted by molar-refractivity contribution is 6.03. The van der Waals surface area contributed by atoms with Gasteiger partial charge in [-0.3, -0.25) is 34.0 Å². The SMILES string of the molecule is C#Cc1c(F)ccc2cc(O)cc(-c3ncc4c(N5CC6CCC(C5)N6)nc(OC[C@@]56CC[C@@H](COC=O)N5CC(=C)C6)nc4c3F)c12.CN1CCC(CCOc2ccc(C=O)c(C=O)c2)CC1.CNC(=O)CCC(C=O)N(C)C. The number of nitrogens with zero attached hydrogens (tertiary/aromatic N) is 7. The Morgan fingerprint density at radius 3 is 2.44 bits per heavy atom. The van der Waals surface area contributed by atoms with Crippen molar-refractivity contribution >= 4 is 58.7 Å². The second-order valence-corrected chi connectivity index (χ2v) is 21.7. The van der Waals surface area contributed by atoms with Crippen LogP contribution >= 0.6 is 0 Å². The maximum Gasteiger partial charge on any atom is 0.319 e. The van der Waals surface area contributed by atoms with Gasteiger partial charge >= 0.3 is 6.01 Å². The molecule has 3 N–H and O–H groups in total. The van der Waals surface area contributed by atoms with E-state index in [0.29, 0.717) is 98.0 Å². The Hall–Kier alpha value is -7.44. The van der Waals surface area contributed by atoms with Crippen LogP contribution in [-0.4, -0.2) is 176 Å². The van der Waals surface area contributed by atoms with Gasteiger partial charge < -0.3 is 44.5 Å². The molecule has 3 unspecified atom stereocenters. The Balaban J connectivity index is 0.000000216. The number of aromatic nitrogens is 3. The third-order valence-electron chi connectivity index (χ3n) is 16.1. The largest absolute Gasteiger partial charge is 0.508 e. The first-order valence-corrected chi connectivity index (χ1v) is 27.2. The minimum atomic E-state index is -0.765. The van der Waals surface area contributed by atoms with Crippen molar-refractivity contribution in [1.82, 2.24) is 40.3 Å². The fourth-order valence-corrected chi connectivity index (χ4v) is 11.7. The summed E-state index contributed by atoms with van der Waals surface area (Å²) in [6.07, 6.45) is 18.4. The molecule has 0 spiro atoms. The fourth-order valence-electron chi connectivity index (χ4n) is 11.7. The van der Waals surface area contributed by atoms with E-state index < -0.39 is 11.6 Å². The zero-order valence-electron chi connectivity index (χ0n) is 45.9. The zero-order chi connectivity index (χ0) is 57.1. The smallest absolute Gasteiger partial charge is 0.319 e. The van der Waals surface area contributed by atoms with Crippen LogP contribution in [0.15, 0.2) is 60.8 Å². The van der Waals surface area contributed by atoms with Crippen LogP contribution in [0.1, 0.15) is 90.5 Å². The van der Waals surface area contributed by atoms with Crippen molar-refractivity contribution < 1.29 is 52.1 Å². The van der Waals surface area contributed by atoms with E-state index in [1.54, 1.807) is 30.1 Å². The molecule has 0 radical (unpaired) electrons. The molecule has 20 heteroatoms. The standard InChI is InChI=1S/C36H34F2N6O4.C16H21NO3.C8H16N2O2/c1-3-26-29(37)7-4-21-10-25(46)11-27(30(21)26)32-31(38)33-28(13-39-32)34(43-15-22-5-6-23(16-43)40-22)42-35(41-33)48-18-36-9-8-24(17-47-19-45)44(36)14-20(2)12-36;1-17-7-4-13(5-8-17)6-9-20-16-3-2-14(11-18)15(10-16)12-19;1-9-8(12)5-4-7(6-11)10(2)3/h1,4,7,10-11,13,19,22-24,40,46H,2,5-6,8-9,12,14-18H2;2-3,10-13H,4-9H2,1H3;6-7H,4-5H2,1-3H3,(H,9,12)/t22?,23?,24-,36-;;/m0../s1. The van der Waals surface area contributed by atoms with Crippen molar-refractivity contribution in [3.8, 4) is 41.1 Å². The summed E-state index contributed by atoms with van der Waals surface area (Å²) in [7, 11) is 7.39. The number of ether oxygens (including phenoxy) is 3. The molecular weight excluding hydrogens is 1030 g/mol. The lowest BCUT2D eigenvalue weighted by Crippen LogP contribution is -2.51. The molecule has 80 heavy (non-hydrogen) atoms. The van der Waals surface area contributed by atoms with Crippen molar-refractivity contribution in [2.24, 2.45) is 5.92 Å². The number of pyridine rings is 1. The average Bonchev–Trinajstić information content (AvgIpc) is 4.26. The predicted octanol–water partition coefficient (Wildman–Crippen LogP) is 6.53. The van der Waals surface area contributed by atoms with Crippen LogP contribution in [0.2, 0.25) is 0 Å². The molecule has 7 heterocycles. The van der Waals surface area contributed by atoms with E-state index in [4.69, 9.17) is 25.6 Å². The number of hydrogen-bond acceptors (Lipinski definition) is 17. The zero-order valence-corrected chi connectivity index (χ0v) is 45.9. The normalized spacial score (nSPS) is 21.1. The Kier molecular flexibility index (Phi) is 19.6. The van der Waals surface area contributed by atoms with E-state index in [-0.39, 0.29) is 88.3 Å². The van der Waals surface area contributed by atoms with Crippen LogP contribution in [0.3, 0.4) is 0 Å². The molecular formula is C60H71F2N9O9. The number of rotatable bonds is 19. The number of nitrogens with one attached hydrogen (secondary N) is 2. The Labute approximate surface area is 465 Å². The van der Waals surface area contributed by atoms with Crippen LogP contribution in [0, 0.1) is 29.9 Å². The Morgan fingerprint density at radius 1 is 1.01 bits per heavy atom. The minimum Gasteiger partial charge on any atom is -0.508 e. The minimum absolute atomic E-state index is 0.00472. The number of likely N-dealkylation sites (tertiary alicyclic amines) is 1. The number of anilines is 1. The van der Waals surface area contributed by atoms with Crippen LogP contribution in [0.4, 0.5) is 14.6 Å². The number of fused-ring (bicyclic) bond motifs is 5. The van der Waals surface area contributed by atoms with Gasteiger partial charge in [-0.1, -0.05) is 24.1 Å². The molecule has 2 aromatic heterocycles. The van der Waals surface area contributed by atoms with Gasteiger partial charge in [0.15, 0.2) is 18.4 Å². The van der Waals surface area contributed by atoms with E-state index in [0.717, 1.165) is 63.0 Å². The van der Waals surface area contributed by atoms with E-state index >= 15 is 4.39 Å². The summed E-state index contributed by atoms with van der Waals surface area (Å²) in [6, 6.07) is 11.0. The first-order valence-electron chi connectivity index (χ1n) is 27.2. The number of hydrogen-bond donors (Lipinski definition) is 3. The number of amides is 1. The van der Waals surface area contributed by atoms with Gasteiger partial charge in [0.05, 0.1) is 29.1 Å². The number of aromatic hydroxyl groups is 1. The second-order valence-electron chi connectivity index (χ2n) is 21.7. The number of phenolic OH excluding ortho intramolecular Hbond substituents is 1. The molecule has 3 aromatic carbocycles. The number of carbonyl (C=O) groups excluding carboxylic acids is 5. The van der Waals surface area contributed by atoms with E-state index in [9.17, 15) is 33.5 Å². The quantitative estimate of drug-likeness (QED) is 0.0456. The first kappa shape index (κ1) is 58.7. The molecule has 0 aliphatic carbocycles.